The van der Waals surface area contributed by atoms with Gasteiger partial charge in [0.15, 0.2) is 0 Å². The lowest BCUT2D eigenvalue weighted by atomic mass is 10.0. The molecule has 2 nitrogen and oxygen atoms in total. The van der Waals surface area contributed by atoms with Crippen LogP contribution in [0.3, 0.4) is 0 Å². The Hall–Kier alpha value is -5.08. The molecule has 0 amide bonds. The SMILES string of the molecule is Cc1c(-c2cccc(N(c3ccc4ccccc4c3)c3ccccc3-c3ccccc3)c2)oc2ccccc12. The lowest BCUT2D eigenvalue weighted by Gasteiger charge is -2.28. The number of hydrogen-bond acceptors (Lipinski definition) is 2. The van der Waals surface area contributed by atoms with Crippen LogP contribution in [0, 0.1) is 6.92 Å². The Kier molecular flexibility index (Phi) is 5.71. The summed E-state index contributed by atoms with van der Waals surface area (Å²) in [7, 11) is 0. The van der Waals surface area contributed by atoms with Crippen molar-refractivity contribution in [3.05, 3.63) is 151 Å². The first-order valence-corrected chi connectivity index (χ1v) is 13.3. The smallest absolute Gasteiger partial charge is 0.138 e. The molecule has 0 unspecified atom stereocenters. The summed E-state index contributed by atoms with van der Waals surface area (Å²) in [5, 5.41) is 3.59. The number of hydrogen-bond donors (Lipinski definition) is 0. The predicted molar refractivity (Wildman–Crippen MR) is 164 cm³/mol. The number of benzene rings is 6. The van der Waals surface area contributed by atoms with E-state index in [4.69, 9.17) is 4.42 Å². The summed E-state index contributed by atoms with van der Waals surface area (Å²) in [5.41, 5.74) is 8.80. The summed E-state index contributed by atoms with van der Waals surface area (Å²) in [6.45, 7) is 2.14. The van der Waals surface area contributed by atoms with Gasteiger partial charge >= 0.3 is 0 Å². The van der Waals surface area contributed by atoms with Crippen LogP contribution in [-0.2, 0) is 0 Å². The summed E-state index contributed by atoms with van der Waals surface area (Å²) in [6.07, 6.45) is 0. The van der Waals surface area contributed by atoms with Crippen LogP contribution in [0.15, 0.2) is 150 Å². The number of aryl methyl sites for hydroxylation is 1. The minimum absolute atomic E-state index is 0.910. The molecule has 0 aliphatic rings. The Morgan fingerprint density at radius 2 is 1.21 bits per heavy atom. The molecule has 0 aliphatic heterocycles. The molecule has 7 aromatic rings. The Balaban J connectivity index is 1.45. The normalized spacial score (nSPS) is 11.2. The number of nitrogens with zero attached hydrogens (tertiary/aromatic N) is 1. The molecule has 0 bridgehead atoms. The van der Waals surface area contributed by atoms with Gasteiger partial charge in [0.05, 0.1) is 5.69 Å². The van der Waals surface area contributed by atoms with E-state index in [0.29, 0.717) is 0 Å². The fourth-order valence-electron chi connectivity index (χ4n) is 5.51. The maximum absolute atomic E-state index is 6.36. The third-order valence-corrected chi connectivity index (χ3v) is 7.43. The molecule has 1 heterocycles. The van der Waals surface area contributed by atoms with Gasteiger partial charge in [-0.05, 0) is 59.7 Å². The molecule has 1 aromatic heterocycles. The molecule has 0 fully saturated rings. The molecule has 7 rings (SSSR count). The van der Waals surface area contributed by atoms with Crippen molar-refractivity contribution >= 4 is 38.8 Å². The van der Waals surface area contributed by atoms with Gasteiger partial charge in [-0.3, -0.25) is 0 Å². The van der Waals surface area contributed by atoms with E-state index in [2.05, 4.69) is 145 Å². The molecule has 0 saturated heterocycles. The van der Waals surface area contributed by atoms with Crippen molar-refractivity contribution in [2.45, 2.75) is 6.92 Å². The van der Waals surface area contributed by atoms with Gasteiger partial charge in [0.25, 0.3) is 0 Å². The standard InChI is InChI=1S/C37H27NO/c1-26-33-18-8-10-21-36(33)39-37(26)30-16-11-17-31(25-30)38(32-23-22-27-12-5-6-15-29(27)24-32)35-20-9-7-19-34(35)28-13-3-2-4-14-28/h2-25H,1H3. The molecular formula is C37H27NO. The molecular weight excluding hydrogens is 474 g/mol. The van der Waals surface area contributed by atoms with E-state index < -0.39 is 0 Å². The highest BCUT2D eigenvalue weighted by molar-refractivity contribution is 5.94. The first kappa shape index (κ1) is 23.1. The Bertz CT molecular complexity index is 1930. The monoisotopic (exact) mass is 501 g/mol. The number of rotatable bonds is 5. The molecule has 0 aliphatic carbocycles. The molecule has 39 heavy (non-hydrogen) atoms. The van der Waals surface area contributed by atoms with Crippen LogP contribution in [-0.4, -0.2) is 0 Å². The first-order chi connectivity index (χ1) is 19.3. The van der Waals surface area contributed by atoms with Crippen molar-refractivity contribution in [1.82, 2.24) is 0 Å². The van der Waals surface area contributed by atoms with Crippen LogP contribution < -0.4 is 4.90 Å². The molecule has 6 aromatic carbocycles. The van der Waals surface area contributed by atoms with Gasteiger partial charge in [-0.15, -0.1) is 0 Å². The average molecular weight is 502 g/mol. The second kappa shape index (κ2) is 9.66. The second-order valence-electron chi connectivity index (χ2n) is 9.85. The third-order valence-electron chi connectivity index (χ3n) is 7.43. The van der Waals surface area contributed by atoms with Crippen LogP contribution in [0.5, 0.6) is 0 Å². The maximum Gasteiger partial charge on any atom is 0.138 e. The lowest BCUT2D eigenvalue weighted by Crippen LogP contribution is -2.11. The van der Waals surface area contributed by atoms with Crippen molar-refractivity contribution in [2.24, 2.45) is 0 Å². The number of fused-ring (bicyclic) bond motifs is 2. The van der Waals surface area contributed by atoms with Gasteiger partial charge in [-0.2, -0.15) is 0 Å². The van der Waals surface area contributed by atoms with E-state index in [-0.39, 0.29) is 0 Å². The Morgan fingerprint density at radius 1 is 0.513 bits per heavy atom. The van der Waals surface area contributed by atoms with E-state index in [1.807, 2.05) is 12.1 Å². The molecule has 0 saturated carbocycles. The van der Waals surface area contributed by atoms with Crippen LogP contribution in [0.25, 0.3) is 44.2 Å². The van der Waals surface area contributed by atoms with Gasteiger partial charge in [-0.1, -0.05) is 109 Å². The number of anilines is 3. The van der Waals surface area contributed by atoms with Crippen LogP contribution in [0.2, 0.25) is 0 Å². The number of furan rings is 1. The van der Waals surface area contributed by atoms with Gasteiger partial charge < -0.3 is 9.32 Å². The Labute approximate surface area is 228 Å². The van der Waals surface area contributed by atoms with Crippen molar-refractivity contribution < 1.29 is 4.42 Å². The predicted octanol–water partition coefficient (Wildman–Crippen LogP) is 10.7. The van der Waals surface area contributed by atoms with Crippen LogP contribution in [0.4, 0.5) is 17.1 Å². The van der Waals surface area contributed by atoms with E-state index in [9.17, 15) is 0 Å². The van der Waals surface area contributed by atoms with Crippen molar-refractivity contribution in [3.63, 3.8) is 0 Å². The van der Waals surface area contributed by atoms with Crippen LogP contribution >= 0.6 is 0 Å². The average Bonchev–Trinajstić information content (AvgIpc) is 3.34. The van der Waals surface area contributed by atoms with Crippen molar-refractivity contribution in [1.29, 1.82) is 0 Å². The molecule has 186 valence electrons. The fraction of sp³-hybridized carbons (Fsp3) is 0.0270. The summed E-state index contributed by atoms with van der Waals surface area (Å²) in [6, 6.07) is 51.3. The highest BCUT2D eigenvalue weighted by atomic mass is 16.3. The summed E-state index contributed by atoms with van der Waals surface area (Å²) >= 11 is 0. The van der Waals surface area contributed by atoms with Crippen molar-refractivity contribution in [2.75, 3.05) is 4.90 Å². The van der Waals surface area contributed by atoms with Gasteiger partial charge in [0.1, 0.15) is 11.3 Å². The van der Waals surface area contributed by atoms with Gasteiger partial charge in [0.2, 0.25) is 0 Å². The van der Waals surface area contributed by atoms with E-state index in [1.165, 1.54) is 21.9 Å². The zero-order chi connectivity index (χ0) is 26.2. The van der Waals surface area contributed by atoms with Gasteiger partial charge in [0, 0.05) is 33.5 Å². The quantitative estimate of drug-likeness (QED) is 0.233. The van der Waals surface area contributed by atoms with Crippen LogP contribution in [0.1, 0.15) is 5.56 Å². The van der Waals surface area contributed by atoms with E-state index in [1.54, 1.807) is 0 Å². The summed E-state index contributed by atoms with van der Waals surface area (Å²) in [5.74, 6) is 0.910. The molecule has 0 spiro atoms. The van der Waals surface area contributed by atoms with E-state index in [0.717, 1.165) is 44.9 Å². The lowest BCUT2D eigenvalue weighted by molar-refractivity contribution is 0.629. The third kappa shape index (κ3) is 4.17. The molecule has 0 atom stereocenters. The second-order valence-corrected chi connectivity index (χ2v) is 9.85. The largest absolute Gasteiger partial charge is 0.456 e. The maximum atomic E-state index is 6.36. The highest BCUT2D eigenvalue weighted by Gasteiger charge is 2.19. The molecule has 0 radical (unpaired) electrons. The Morgan fingerprint density at radius 3 is 2.08 bits per heavy atom. The minimum atomic E-state index is 0.910. The van der Waals surface area contributed by atoms with Crippen molar-refractivity contribution in [3.8, 4) is 22.5 Å². The highest BCUT2D eigenvalue weighted by Crippen LogP contribution is 2.43. The molecule has 2 heteroatoms. The van der Waals surface area contributed by atoms with Gasteiger partial charge in [-0.25, -0.2) is 0 Å². The zero-order valence-corrected chi connectivity index (χ0v) is 21.7. The summed E-state index contributed by atoms with van der Waals surface area (Å²) < 4.78 is 6.36. The van der Waals surface area contributed by atoms with E-state index >= 15 is 0 Å². The topological polar surface area (TPSA) is 16.4 Å². The zero-order valence-electron chi connectivity index (χ0n) is 21.7. The number of para-hydroxylation sites is 2. The first-order valence-electron chi connectivity index (χ1n) is 13.3. The molecule has 0 N–H and O–H groups in total. The summed E-state index contributed by atoms with van der Waals surface area (Å²) in [4.78, 5) is 2.36. The minimum Gasteiger partial charge on any atom is -0.456 e. The fourth-order valence-corrected chi connectivity index (χ4v) is 5.51.